The third kappa shape index (κ3) is 4.34. The standard InChI is InChI=1S/C24H27NO4/c1-3-4-16-25-22(18-12-8-9-13-20(18)29-2)21(23(27)24(25)28)19(26)15-14-17-10-6-5-7-11-17/h5-13,22,27H,3-4,14-16H2,1-2H3. The van der Waals surface area contributed by atoms with E-state index < -0.39 is 17.7 Å². The Morgan fingerprint density at radius 1 is 1.10 bits per heavy atom. The number of para-hydroxylation sites is 1. The first-order valence-electron chi connectivity index (χ1n) is 10.0. The van der Waals surface area contributed by atoms with Gasteiger partial charge in [-0.15, -0.1) is 0 Å². The Kier molecular flexibility index (Phi) is 6.70. The number of aliphatic hydroxyl groups is 1. The van der Waals surface area contributed by atoms with Crippen LogP contribution in [0.1, 0.15) is 43.4 Å². The number of hydrogen-bond acceptors (Lipinski definition) is 4. The third-order valence-corrected chi connectivity index (χ3v) is 5.27. The van der Waals surface area contributed by atoms with E-state index in [0.717, 1.165) is 18.4 Å². The minimum absolute atomic E-state index is 0.173. The van der Waals surface area contributed by atoms with Crippen molar-refractivity contribution in [3.05, 3.63) is 77.1 Å². The quantitative estimate of drug-likeness (QED) is 0.686. The number of ether oxygens (including phenoxy) is 1. The Morgan fingerprint density at radius 3 is 2.48 bits per heavy atom. The van der Waals surface area contributed by atoms with Crippen LogP contribution in [-0.4, -0.2) is 35.4 Å². The molecule has 152 valence electrons. The molecule has 1 amide bonds. The number of amides is 1. The fourth-order valence-electron chi connectivity index (χ4n) is 3.75. The summed E-state index contributed by atoms with van der Waals surface area (Å²) < 4.78 is 5.48. The van der Waals surface area contributed by atoms with Gasteiger partial charge in [0.15, 0.2) is 11.5 Å². The van der Waals surface area contributed by atoms with Gasteiger partial charge in [0.25, 0.3) is 5.91 Å². The van der Waals surface area contributed by atoms with Gasteiger partial charge in [-0.3, -0.25) is 9.59 Å². The summed E-state index contributed by atoms with van der Waals surface area (Å²) in [6, 6.07) is 16.4. The number of unbranched alkanes of at least 4 members (excludes halogenated alkanes) is 1. The van der Waals surface area contributed by atoms with Gasteiger partial charge in [-0.1, -0.05) is 61.9 Å². The lowest BCUT2D eigenvalue weighted by molar-refractivity contribution is -0.129. The van der Waals surface area contributed by atoms with Crippen LogP contribution in [0.3, 0.4) is 0 Å². The van der Waals surface area contributed by atoms with Crippen LogP contribution in [0.15, 0.2) is 65.9 Å². The molecule has 1 N–H and O–H groups in total. The van der Waals surface area contributed by atoms with Crippen molar-refractivity contribution in [1.82, 2.24) is 4.90 Å². The molecule has 1 unspecified atom stereocenters. The molecule has 29 heavy (non-hydrogen) atoms. The maximum atomic E-state index is 13.1. The summed E-state index contributed by atoms with van der Waals surface area (Å²) in [7, 11) is 1.56. The predicted octanol–water partition coefficient (Wildman–Crippen LogP) is 4.39. The van der Waals surface area contributed by atoms with Gasteiger partial charge in [0.2, 0.25) is 0 Å². The van der Waals surface area contributed by atoms with E-state index in [-0.39, 0.29) is 17.8 Å². The summed E-state index contributed by atoms with van der Waals surface area (Å²) in [4.78, 5) is 27.5. The fraction of sp³-hybridized carbons (Fsp3) is 0.333. The van der Waals surface area contributed by atoms with E-state index >= 15 is 0 Å². The molecule has 3 rings (SSSR count). The number of benzene rings is 2. The van der Waals surface area contributed by atoms with E-state index in [1.807, 2.05) is 55.5 Å². The number of methoxy groups -OCH3 is 1. The molecule has 0 aromatic heterocycles. The first kappa shape index (κ1) is 20.6. The van der Waals surface area contributed by atoms with Gasteiger partial charge in [0, 0.05) is 18.5 Å². The molecule has 5 heteroatoms. The van der Waals surface area contributed by atoms with Gasteiger partial charge < -0.3 is 14.7 Å². The molecule has 0 fully saturated rings. The van der Waals surface area contributed by atoms with Crippen molar-refractivity contribution in [2.24, 2.45) is 0 Å². The van der Waals surface area contributed by atoms with E-state index in [2.05, 4.69) is 0 Å². The van der Waals surface area contributed by atoms with Crippen LogP contribution in [0.4, 0.5) is 0 Å². The summed E-state index contributed by atoms with van der Waals surface area (Å²) in [5.74, 6) is -0.544. The number of Topliss-reactive ketones (excluding diaryl/α,β-unsaturated/α-hetero) is 1. The normalized spacial score (nSPS) is 16.4. The molecule has 2 aromatic carbocycles. The van der Waals surface area contributed by atoms with E-state index in [1.165, 1.54) is 0 Å². The number of nitrogens with zero attached hydrogens (tertiary/aromatic N) is 1. The van der Waals surface area contributed by atoms with Gasteiger partial charge in [-0.05, 0) is 24.5 Å². The van der Waals surface area contributed by atoms with Crippen molar-refractivity contribution in [2.45, 2.75) is 38.6 Å². The summed E-state index contributed by atoms with van der Waals surface area (Å²) >= 11 is 0. The summed E-state index contributed by atoms with van der Waals surface area (Å²) in [5, 5.41) is 10.6. The molecule has 0 saturated heterocycles. The molecule has 0 radical (unpaired) electrons. The molecule has 1 aliphatic rings. The second-order valence-electron chi connectivity index (χ2n) is 7.17. The summed E-state index contributed by atoms with van der Waals surface area (Å²) in [6.07, 6.45) is 2.47. The number of carbonyl (C=O) groups excluding carboxylic acids is 2. The number of hydrogen-bond donors (Lipinski definition) is 1. The third-order valence-electron chi connectivity index (χ3n) is 5.27. The van der Waals surface area contributed by atoms with Gasteiger partial charge >= 0.3 is 0 Å². The largest absolute Gasteiger partial charge is 0.503 e. The summed E-state index contributed by atoms with van der Waals surface area (Å²) in [5.41, 5.74) is 1.93. The van der Waals surface area contributed by atoms with E-state index in [9.17, 15) is 14.7 Å². The number of ketones is 1. The minimum Gasteiger partial charge on any atom is -0.503 e. The average molecular weight is 393 g/mol. The fourth-order valence-corrected chi connectivity index (χ4v) is 3.75. The van der Waals surface area contributed by atoms with Crippen molar-refractivity contribution >= 4 is 11.7 Å². The van der Waals surface area contributed by atoms with Gasteiger partial charge in [0.1, 0.15) is 5.75 Å². The monoisotopic (exact) mass is 393 g/mol. The Bertz CT molecular complexity index is 904. The highest BCUT2D eigenvalue weighted by molar-refractivity contribution is 6.09. The second kappa shape index (κ2) is 9.41. The van der Waals surface area contributed by atoms with Crippen LogP contribution in [0.2, 0.25) is 0 Å². The van der Waals surface area contributed by atoms with Crippen LogP contribution in [-0.2, 0) is 16.0 Å². The number of aliphatic hydroxyl groups excluding tert-OH is 1. The molecule has 0 aliphatic carbocycles. The molecular formula is C24H27NO4. The van der Waals surface area contributed by atoms with Gasteiger partial charge in [-0.25, -0.2) is 0 Å². The highest BCUT2D eigenvalue weighted by atomic mass is 16.5. The molecule has 1 aliphatic heterocycles. The number of rotatable bonds is 9. The lowest BCUT2D eigenvalue weighted by Gasteiger charge is -2.28. The zero-order valence-corrected chi connectivity index (χ0v) is 16.9. The van der Waals surface area contributed by atoms with Crippen molar-refractivity contribution in [3.8, 4) is 5.75 Å². The van der Waals surface area contributed by atoms with Gasteiger partial charge in [-0.2, -0.15) is 0 Å². The molecule has 0 bridgehead atoms. The van der Waals surface area contributed by atoms with Crippen LogP contribution in [0.25, 0.3) is 0 Å². The molecule has 0 saturated carbocycles. The Balaban J connectivity index is 1.94. The van der Waals surface area contributed by atoms with Crippen molar-refractivity contribution in [1.29, 1.82) is 0 Å². The maximum absolute atomic E-state index is 13.1. The first-order valence-corrected chi connectivity index (χ1v) is 10.0. The maximum Gasteiger partial charge on any atom is 0.290 e. The van der Waals surface area contributed by atoms with E-state index in [4.69, 9.17) is 4.74 Å². The Morgan fingerprint density at radius 2 is 1.79 bits per heavy atom. The Hall–Kier alpha value is -3.08. The first-order chi connectivity index (χ1) is 14.1. The zero-order valence-electron chi connectivity index (χ0n) is 16.9. The SMILES string of the molecule is CCCCN1C(=O)C(O)=C(C(=O)CCc2ccccc2)C1c1ccccc1OC. The van der Waals surface area contributed by atoms with Crippen LogP contribution >= 0.6 is 0 Å². The summed E-state index contributed by atoms with van der Waals surface area (Å²) in [6.45, 7) is 2.51. The van der Waals surface area contributed by atoms with Gasteiger partial charge in [0.05, 0.1) is 18.7 Å². The molecule has 0 spiro atoms. The molecule has 1 heterocycles. The zero-order chi connectivity index (χ0) is 20.8. The van der Waals surface area contributed by atoms with Crippen LogP contribution < -0.4 is 4.74 Å². The lowest BCUT2D eigenvalue weighted by Crippen LogP contribution is -2.32. The number of carbonyl (C=O) groups is 2. The van der Waals surface area contributed by atoms with Crippen molar-refractivity contribution in [2.75, 3.05) is 13.7 Å². The highest BCUT2D eigenvalue weighted by Gasteiger charge is 2.43. The molecular weight excluding hydrogens is 366 g/mol. The van der Waals surface area contributed by atoms with Crippen LogP contribution in [0.5, 0.6) is 5.75 Å². The van der Waals surface area contributed by atoms with Crippen molar-refractivity contribution in [3.63, 3.8) is 0 Å². The highest BCUT2D eigenvalue weighted by Crippen LogP contribution is 2.41. The van der Waals surface area contributed by atoms with E-state index in [0.29, 0.717) is 24.3 Å². The molecule has 1 atom stereocenters. The minimum atomic E-state index is -0.631. The van der Waals surface area contributed by atoms with E-state index in [1.54, 1.807) is 18.1 Å². The molecule has 2 aromatic rings. The predicted molar refractivity (Wildman–Crippen MR) is 112 cm³/mol. The topological polar surface area (TPSA) is 66.8 Å². The second-order valence-corrected chi connectivity index (χ2v) is 7.17. The number of aryl methyl sites for hydroxylation is 1. The van der Waals surface area contributed by atoms with Crippen molar-refractivity contribution < 1.29 is 19.4 Å². The van der Waals surface area contributed by atoms with Crippen LogP contribution in [0, 0.1) is 0 Å². The smallest absolute Gasteiger partial charge is 0.290 e. The Labute approximate surface area is 171 Å². The lowest BCUT2D eigenvalue weighted by atomic mass is 9.92. The molecule has 5 nitrogen and oxygen atoms in total. The average Bonchev–Trinajstić information content (AvgIpc) is 3.01.